The third-order valence-corrected chi connectivity index (χ3v) is 5.90. The minimum Gasteiger partial charge on any atom is -0.355 e. The second-order valence-electron chi connectivity index (χ2n) is 7.63. The Morgan fingerprint density at radius 3 is 2.31 bits per heavy atom. The number of rotatable bonds is 9. The van der Waals surface area contributed by atoms with Crippen molar-refractivity contribution in [3.05, 3.63) is 69.7 Å². The number of halogens is 1. The molecule has 168 valence electrons. The Labute approximate surface area is 195 Å². The summed E-state index contributed by atoms with van der Waals surface area (Å²) in [5.41, 5.74) is 1.68. The van der Waals surface area contributed by atoms with E-state index in [1.54, 1.807) is 31.2 Å². The molecule has 0 fully saturated rings. The van der Waals surface area contributed by atoms with E-state index >= 15 is 0 Å². The highest BCUT2D eigenvalue weighted by molar-refractivity contribution is 9.10. The Kier molecular flexibility index (Phi) is 7.80. The molecule has 8 heteroatoms. The van der Waals surface area contributed by atoms with Gasteiger partial charge in [0.2, 0.25) is 11.8 Å². The van der Waals surface area contributed by atoms with Gasteiger partial charge in [0, 0.05) is 30.5 Å². The van der Waals surface area contributed by atoms with Gasteiger partial charge in [-0.1, -0.05) is 40.2 Å². The number of carbonyl (C=O) groups is 4. The van der Waals surface area contributed by atoms with Crippen LogP contribution in [0.5, 0.6) is 0 Å². The summed E-state index contributed by atoms with van der Waals surface area (Å²) in [6.45, 7) is 4.43. The molecule has 0 saturated carbocycles. The lowest BCUT2D eigenvalue weighted by atomic mass is 10.1. The molecule has 1 aliphatic rings. The molecule has 0 aliphatic carbocycles. The molecule has 2 aromatic carbocycles. The second kappa shape index (κ2) is 10.5. The van der Waals surface area contributed by atoms with Gasteiger partial charge in [-0.25, -0.2) is 0 Å². The Hall–Kier alpha value is -3.00. The van der Waals surface area contributed by atoms with Crippen molar-refractivity contribution in [3.8, 4) is 0 Å². The van der Waals surface area contributed by atoms with Crippen LogP contribution < -0.4 is 5.32 Å². The van der Waals surface area contributed by atoms with E-state index < -0.39 is 6.04 Å². The fourth-order valence-corrected chi connectivity index (χ4v) is 4.16. The summed E-state index contributed by atoms with van der Waals surface area (Å²) >= 11 is 3.43. The van der Waals surface area contributed by atoms with E-state index in [0.717, 1.165) is 10.0 Å². The quantitative estimate of drug-likeness (QED) is 0.535. The molecule has 4 amide bonds. The Bertz CT molecular complexity index is 1000. The fraction of sp³-hybridized carbons (Fsp3) is 0.333. The molecule has 0 unspecified atom stereocenters. The number of amides is 4. The molecule has 2 aromatic rings. The number of hydrogen-bond donors (Lipinski definition) is 1. The van der Waals surface area contributed by atoms with Crippen LogP contribution in [0.4, 0.5) is 0 Å². The van der Waals surface area contributed by atoms with Crippen LogP contribution >= 0.6 is 15.9 Å². The molecular weight excluding hydrogens is 474 g/mol. The number of benzene rings is 2. The van der Waals surface area contributed by atoms with E-state index in [9.17, 15) is 19.2 Å². The topological polar surface area (TPSA) is 86.8 Å². The molecule has 32 heavy (non-hydrogen) atoms. The van der Waals surface area contributed by atoms with Gasteiger partial charge in [0.1, 0.15) is 6.04 Å². The molecule has 0 bridgehead atoms. The SMILES string of the molecule is CCNC(=O)[C@@H](C)N(Cc1cccc(Br)c1)C(=O)CCCN1C(=O)c2ccccc2C1=O. The lowest BCUT2D eigenvalue weighted by Gasteiger charge is -2.29. The molecule has 0 spiro atoms. The van der Waals surface area contributed by atoms with Crippen LogP contribution in [0, 0.1) is 0 Å². The van der Waals surface area contributed by atoms with Gasteiger partial charge in [0.05, 0.1) is 11.1 Å². The molecule has 1 atom stereocenters. The highest BCUT2D eigenvalue weighted by Crippen LogP contribution is 2.23. The normalized spacial score (nSPS) is 13.7. The van der Waals surface area contributed by atoms with Crippen LogP contribution in [0.25, 0.3) is 0 Å². The first-order chi connectivity index (χ1) is 15.3. The number of nitrogens with one attached hydrogen (secondary N) is 1. The van der Waals surface area contributed by atoms with Gasteiger partial charge in [0.25, 0.3) is 11.8 Å². The monoisotopic (exact) mass is 499 g/mol. The maximum atomic E-state index is 13.1. The Morgan fingerprint density at radius 2 is 1.72 bits per heavy atom. The fourth-order valence-electron chi connectivity index (χ4n) is 3.71. The van der Waals surface area contributed by atoms with Crippen molar-refractivity contribution >= 4 is 39.6 Å². The molecular formula is C24H26BrN3O4. The standard InChI is InChI=1S/C24H26BrN3O4/c1-3-26-22(30)16(2)28(15-17-8-6-9-18(25)14-17)21(29)12-7-13-27-23(31)19-10-4-5-11-20(19)24(27)32/h4-6,8-11,14,16H,3,7,12-13,15H2,1-2H3,(H,26,30)/t16-/m1/s1. The summed E-state index contributed by atoms with van der Waals surface area (Å²) in [4.78, 5) is 53.3. The number of carbonyl (C=O) groups excluding carboxylic acids is 4. The third kappa shape index (κ3) is 5.24. The predicted molar refractivity (Wildman–Crippen MR) is 124 cm³/mol. The van der Waals surface area contributed by atoms with E-state index in [4.69, 9.17) is 0 Å². The summed E-state index contributed by atoms with van der Waals surface area (Å²) in [5, 5.41) is 2.76. The smallest absolute Gasteiger partial charge is 0.261 e. The first-order valence-electron chi connectivity index (χ1n) is 10.6. The van der Waals surface area contributed by atoms with Gasteiger partial charge < -0.3 is 10.2 Å². The Morgan fingerprint density at radius 1 is 1.06 bits per heavy atom. The lowest BCUT2D eigenvalue weighted by molar-refractivity contribution is -0.140. The van der Waals surface area contributed by atoms with Crippen molar-refractivity contribution in [2.75, 3.05) is 13.1 Å². The van der Waals surface area contributed by atoms with Crippen molar-refractivity contribution in [2.45, 2.75) is 39.3 Å². The molecule has 0 radical (unpaired) electrons. The highest BCUT2D eigenvalue weighted by atomic mass is 79.9. The molecule has 7 nitrogen and oxygen atoms in total. The summed E-state index contributed by atoms with van der Waals surface area (Å²) < 4.78 is 0.888. The van der Waals surface area contributed by atoms with Crippen molar-refractivity contribution in [1.29, 1.82) is 0 Å². The van der Waals surface area contributed by atoms with Gasteiger partial charge >= 0.3 is 0 Å². The first kappa shape index (κ1) is 23.7. The van der Waals surface area contributed by atoms with Gasteiger partial charge in [0.15, 0.2) is 0 Å². The van der Waals surface area contributed by atoms with E-state index in [1.165, 1.54) is 9.80 Å². The van der Waals surface area contributed by atoms with E-state index in [-0.39, 0.29) is 43.1 Å². The average molecular weight is 500 g/mol. The van der Waals surface area contributed by atoms with E-state index in [0.29, 0.717) is 24.1 Å². The molecule has 1 aliphatic heterocycles. The summed E-state index contributed by atoms with van der Waals surface area (Å²) in [6, 6.07) is 13.6. The molecule has 0 aromatic heterocycles. The zero-order valence-electron chi connectivity index (χ0n) is 18.1. The van der Waals surface area contributed by atoms with Crippen LogP contribution in [-0.2, 0) is 16.1 Å². The minimum absolute atomic E-state index is 0.116. The largest absolute Gasteiger partial charge is 0.355 e. The van der Waals surface area contributed by atoms with Gasteiger partial charge in [-0.15, -0.1) is 0 Å². The van der Waals surface area contributed by atoms with Gasteiger partial charge in [-0.2, -0.15) is 0 Å². The number of likely N-dealkylation sites (N-methyl/N-ethyl adjacent to an activating group) is 1. The summed E-state index contributed by atoms with van der Waals surface area (Å²) in [7, 11) is 0. The summed E-state index contributed by atoms with van der Waals surface area (Å²) in [5.74, 6) is -1.10. The van der Waals surface area contributed by atoms with Crippen molar-refractivity contribution in [2.24, 2.45) is 0 Å². The van der Waals surface area contributed by atoms with E-state index in [1.807, 2.05) is 31.2 Å². The van der Waals surface area contributed by atoms with E-state index in [2.05, 4.69) is 21.2 Å². The highest BCUT2D eigenvalue weighted by Gasteiger charge is 2.35. The predicted octanol–water partition coefficient (Wildman–Crippen LogP) is 3.38. The van der Waals surface area contributed by atoms with Crippen molar-refractivity contribution in [1.82, 2.24) is 15.1 Å². The molecule has 3 rings (SSSR count). The number of hydrogen-bond acceptors (Lipinski definition) is 4. The zero-order valence-corrected chi connectivity index (χ0v) is 19.7. The Balaban J connectivity index is 1.66. The number of fused-ring (bicyclic) bond motifs is 1. The minimum atomic E-state index is -0.652. The van der Waals surface area contributed by atoms with Crippen LogP contribution in [0.1, 0.15) is 53.0 Å². The van der Waals surface area contributed by atoms with Crippen LogP contribution in [0.2, 0.25) is 0 Å². The maximum Gasteiger partial charge on any atom is 0.261 e. The lowest BCUT2D eigenvalue weighted by Crippen LogP contribution is -2.47. The number of nitrogens with zero attached hydrogens (tertiary/aromatic N) is 2. The van der Waals surface area contributed by atoms with Crippen molar-refractivity contribution < 1.29 is 19.2 Å². The zero-order chi connectivity index (χ0) is 23.3. The van der Waals surface area contributed by atoms with Crippen molar-refractivity contribution in [3.63, 3.8) is 0 Å². The van der Waals surface area contributed by atoms with Gasteiger partial charge in [-0.3, -0.25) is 24.1 Å². The molecule has 1 N–H and O–H groups in total. The first-order valence-corrected chi connectivity index (χ1v) is 11.4. The van der Waals surface area contributed by atoms with Gasteiger partial charge in [-0.05, 0) is 50.1 Å². The molecule has 0 saturated heterocycles. The number of imide groups is 1. The second-order valence-corrected chi connectivity index (χ2v) is 8.55. The summed E-state index contributed by atoms with van der Waals surface area (Å²) in [6.07, 6.45) is 0.437. The third-order valence-electron chi connectivity index (χ3n) is 5.41. The molecule has 1 heterocycles. The maximum absolute atomic E-state index is 13.1. The average Bonchev–Trinajstić information content (AvgIpc) is 3.02. The van der Waals surface area contributed by atoms with Crippen LogP contribution in [-0.4, -0.2) is 52.6 Å². The van der Waals surface area contributed by atoms with Crippen LogP contribution in [0.3, 0.4) is 0 Å². The van der Waals surface area contributed by atoms with Crippen LogP contribution in [0.15, 0.2) is 53.0 Å².